The van der Waals surface area contributed by atoms with E-state index in [1.165, 1.54) is 7.11 Å². The summed E-state index contributed by atoms with van der Waals surface area (Å²) >= 11 is 5.89. The Morgan fingerprint density at radius 3 is 2.48 bits per heavy atom. The lowest BCUT2D eigenvalue weighted by Crippen LogP contribution is -2.09. The number of carbonyl (C=O) groups excluding carboxylic acids is 2. The Hall–Kier alpha value is -2.85. The van der Waals surface area contributed by atoms with E-state index >= 15 is 0 Å². The molecule has 3 aromatic rings. The molecule has 138 valence electrons. The SMILES string of the molecule is COc1ccc(C(=O)CCc2ccco2)cc1C(=O)Cc1ccc(Cl)cc1. The van der Waals surface area contributed by atoms with Crippen LogP contribution in [0.15, 0.2) is 65.3 Å². The largest absolute Gasteiger partial charge is 0.496 e. The molecule has 0 amide bonds. The zero-order valence-corrected chi connectivity index (χ0v) is 15.7. The highest BCUT2D eigenvalue weighted by Gasteiger charge is 2.17. The Kier molecular flexibility index (Phi) is 6.09. The van der Waals surface area contributed by atoms with Gasteiger partial charge >= 0.3 is 0 Å². The Morgan fingerprint density at radius 2 is 1.81 bits per heavy atom. The fraction of sp³-hybridized carbons (Fsp3) is 0.182. The third-order valence-corrected chi connectivity index (χ3v) is 4.53. The van der Waals surface area contributed by atoms with E-state index in [9.17, 15) is 9.59 Å². The number of aryl methyl sites for hydroxylation is 1. The van der Waals surface area contributed by atoms with Crippen molar-refractivity contribution in [3.05, 3.63) is 88.3 Å². The average molecular weight is 383 g/mol. The maximum absolute atomic E-state index is 12.8. The summed E-state index contributed by atoms with van der Waals surface area (Å²) in [4.78, 5) is 25.3. The monoisotopic (exact) mass is 382 g/mol. The molecular formula is C22H19ClO4. The lowest BCUT2D eigenvalue weighted by Gasteiger charge is -2.10. The van der Waals surface area contributed by atoms with Crippen LogP contribution in [0.5, 0.6) is 5.75 Å². The molecule has 0 spiro atoms. The van der Waals surface area contributed by atoms with Crippen molar-refractivity contribution < 1.29 is 18.7 Å². The van der Waals surface area contributed by atoms with Gasteiger partial charge in [-0.05, 0) is 48.0 Å². The third-order valence-electron chi connectivity index (χ3n) is 4.28. The molecule has 5 heteroatoms. The van der Waals surface area contributed by atoms with Gasteiger partial charge in [-0.15, -0.1) is 0 Å². The molecule has 0 atom stereocenters. The van der Waals surface area contributed by atoms with E-state index in [2.05, 4.69) is 0 Å². The van der Waals surface area contributed by atoms with Crippen LogP contribution in [0, 0.1) is 0 Å². The van der Waals surface area contributed by atoms with Crippen molar-refractivity contribution >= 4 is 23.2 Å². The summed E-state index contributed by atoms with van der Waals surface area (Å²) in [6, 6.07) is 15.7. The highest BCUT2D eigenvalue weighted by molar-refractivity contribution is 6.30. The molecule has 4 nitrogen and oxygen atoms in total. The number of hydrogen-bond acceptors (Lipinski definition) is 4. The molecule has 0 radical (unpaired) electrons. The number of halogens is 1. The maximum Gasteiger partial charge on any atom is 0.170 e. The normalized spacial score (nSPS) is 10.6. The fourth-order valence-electron chi connectivity index (χ4n) is 2.82. The first-order valence-corrected chi connectivity index (χ1v) is 8.96. The molecule has 0 saturated heterocycles. The molecule has 0 aliphatic rings. The second-order valence-electron chi connectivity index (χ2n) is 6.14. The summed E-state index contributed by atoms with van der Waals surface area (Å²) in [5, 5.41) is 0.618. The van der Waals surface area contributed by atoms with Gasteiger partial charge in [-0.1, -0.05) is 23.7 Å². The Balaban J connectivity index is 1.76. The lowest BCUT2D eigenvalue weighted by molar-refractivity contribution is 0.0981. The molecule has 0 fully saturated rings. The molecule has 0 saturated carbocycles. The molecule has 0 unspecified atom stereocenters. The lowest BCUT2D eigenvalue weighted by atomic mass is 9.97. The van der Waals surface area contributed by atoms with Crippen LogP contribution in [0.1, 0.15) is 38.5 Å². The minimum absolute atomic E-state index is 0.0467. The molecule has 27 heavy (non-hydrogen) atoms. The van der Waals surface area contributed by atoms with Crippen molar-refractivity contribution in [2.45, 2.75) is 19.3 Å². The quantitative estimate of drug-likeness (QED) is 0.503. The summed E-state index contributed by atoms with van der Waals surface area (Å²) in [7, 11) is 1.51. The van der Waals surface area contributed by atoms with Gasteiger partial charge in [-0.25, -0.2) is 0 Å². The van der Waals surface area contributed by atoms with Gasteiger partial charge in [0.05, 0.1) is 18.9 Å². The number of ketones is 2. The number of ether oxygens (including phenoxy) is 1. The van der Waals surface area contributed by atoms with Crippen LogP contribution in [-0.2, 0) is 12.8 Å². The van der Waals surface area contributed by atoms with E-state index in [1.807, 2.05) is 18.2 Å². The molecular weight excluding hydrogens is 364 g/mol. The van der Waals surface area contributed by atoms with Crippen LogP contribution < -0.4 is 4.74 Å². The van der Waals surface area contributed by atoms with Crippen molar-refractivity contribution in [3.8, 4) is 5.75 Å². The number of furan rings is 1. The summed E-state index contributed by atoms with van der Waals surface area (Å²) < 4.78 is 10.6. The van der Waals surface area contributed by atoms with Crippen molar-refractivity contribution in [2.75, 3.05) is 7.11 Å². The number of hydrogen-bond donors (Lipinski definition) is 0. The Bertz CT molecular complexity index is 927. The van der Waals surface area contributed by atoms with Crippen LogP contribution in [0.25, 0.3) is 0 Å². The standard InChI is InChI=1S/C22H19ClO4/c1-26-22-11-6-16(20(24)10-9-18-3-2-12-27-18)14-19(22)21(25)13-15-4-7-17(23)8-5-15/h2-8,11-12,14H,9-10,13H2,1H3. The van der Waals surface area contributed by atoms with Crippen molar-refractivity contribution in [2.24, 2.45) is 0 Å². The first kappa shape index (κ1) is 18.9. The molecule has 0 aliphatic heterocycles. The predicted octanol–water partition coefficient (Wildman–Crippen LogP) is 5.18. The topological polar surface area (TPSA) is 56.5 Å². The van der Waals surface area contributed by atoms with E-state index in [4.69, 9.17) is 20.8 Å². The zero-order valence-electron chi connectivity index (χ0n) is 14.9. The number of rotatable bonds is 8. The van der Waals surface area contributed by atoms with Gasteiger partial charge < -0.3 is 9.15 Å². The van der Waals surface area contributed by atoms with Crippen LogP contribution in [0.4, 0.5) is 0 Å². The Morgan fingerprint density at radius 1 is 1.04 bits per heavy atom. The van der Waals surface area contributed by atoms with Crippen LogP contribution in [0.3, 0.4) is 0 Å². The van der Waals surface area contributed by atoms with E-state index in [0.29, 0.717) is 34.7 Å². The summed E-state index contributed by atoms with van der Waals surface area (Å²) in [5.41, 5.74) is 1.74. The molecule has 1 heterocycles. The van der Waals surface area contributed by atoms with Gasteiger partial charge in [-0.3, -0.25) is 9.59 Å². The van der Waals surface area contributed by atoms with E-state index in [-0.39, 0.29) is 18.0 Å². The summed E-state index contributed by atoms with van der Waals surface area (Å²) in [5.74, 6) is 1.05. The van der Waals surface area contributed by atoms with Gasteiger partial charge in [0.2, 0.25) is 0 Å². The number of Topliss-reactive ketones (excluding diaryl/α,β-unsaturated/α-hetero) is 2. The minimum Gasteiger partial charge on any atom is -0.496 e. The summed E-state index contributed by atoms with van der Waals surface area (Å²) in [6.45, 7) is 0. The van der Waals surface area contributed by atoms with Crippen molar-refractivity contribution in [3.63, 3.8) is 0 Å². The van der Waals surface area contributed by atoms with E-state index in [0.717, 1.165) is 11.3 Å². The summed E-state index contributed by atoms with van der Waals surface area (Å²) in [6.07, 6.45) is 2.62. The number of carbonyl (C=O) groups is 2. The highest BCUT2D eigenvalue weighted by Crippen LogP contribution is 2.23. The van der Waals surface area contributed by atoms with Gasteiger partial charge in [0.15, 0.2) is 11.6 Å². The number of benzene rings is 2. The van der Waals surface area contributed by atoms with Crippen molar-refractivity contribution in [1.82, 2.24) is 0 Å². The van der Waals surface area contributed by atoms with Gasteiger partial charge in [-0.2, -0.15) is 0 Å². The van der Waals surface area contributed by atoms with Crippen LogP contribution in [0.2, 0.25) is 5.02 Å². The van der Waals surface area contributed by atoms with Crippen LogP contribution in [-0.4, -0.2) is 18.7 Å². The van der Waals surface area contributed by atoms with Gasteiger partial charge in [0.25, 0.3) is 0 Å². The first-order chi connectivity index (χ1) is 13.1. The minimum atomic E-state index is -0.116. The molecule has 3 rings (SSSR count). The zero-order chi connectivity index (χ0) is 19.2. The number of methoxy groups -OCH3 is 1. The van der Waals surface area contributed by atoms with Crippen molar-refractivity contribution in [1.29, 1.82) is 0 Å². The molecule has 0 bridgehead atoms. The van der Waals surface area contributed by atoms with E-state index < -0.39 is 0 Å². The van der Waals surface area contributed by atoms with Crippen LogP contribution >= 0.6 is 11.6 Å². The Labute approximate surface area is 162 Å². The highest BCUT2D eigenvalue weighted by atomic mass is 35.5. The second kappa shape index (κ2) is 8.69. The maximum atomic E-state index is 12.8. The smallest absolute Gasteiger partial charge is 0.170 e. The van der Waals surface area contributed by atoms with Gasteiger partial charge in [0.1, 0.15) is 11.5 Å². The average Bonchev–Trinajstić information content (AvgIpc) is 3.21. The second-order valence-corrected chi connectivity index (χ2v) is 6.58. The fourth-order valence-corrected chi connectivity index (χ4v) is 2.94. The first-order valence-electron chi connectivity index (χ1n) is 8.58. The molecule has 0 aliphatic carbocycles. The molecule has 2 aromatic carbocycles. The van der Waals surface area contributed by atoms with E-state index in [1.54, 1.807) is 42.7 Å². The molecule has 1 aromatic heterocycles. The third kappa shape index (κ3) is 4.86. The van der Waals surface area contributed by atoms with Gasteiger partial charge in [0, 0.05) is 29.8 Å². The predicted molar refractivity (Wildman–Crippen MR) is 104 cm³/mol. The molecule has 0 N–H and O–H groups in total.